The quantitative estimate of drug-likeness (QED) is 0.689. The molecule has 1 amide bonds. The summed E-state index contributed by atoms with van der Waals surface area (Å²) >= 11 is 0. The molecule has 4 heteroatoms. The Bertz CT molecular complexity index is 214. The maximum absolute atomic E-state index is 11.9. The lowest BCUT2D eigenvalue weighted by Gasteiger charge is -2.27. The first-order valence-electron chi connectivity index (χ1n) is 6.18. The van der Waals surface area contributed by atoms with Crippen molar-refractivity contribution in [1.29, 1.82) is 0 Å². The van der Waals surface area contributed by atoms with Crippen molar-refractivity contribution in [3.05, 3.63) is 0 Å². The van der Waals surface area contributed by atoms with E-state index in [1.807, 2.05) is 25.7 Å². The average Bonchev–Trinajstić information content (AvgIpc) is 2.27. The van der Waals surface area contributed by atoms with Gasteiger partial charge in [0.15, 0.2) is 0 Å². The predicted octanol–water partition coefficient (Wildman–Crippen LogP) is 2.00. The van der Waals surface area contributed by atoms with Crippen LogP contribution in [0.5, 0.6) is 0 Å². The molecule has 1 aliphatic rings. The summed E-state index contributed by atoms with van der Waals surface area (Å²) in [7, 11) is 0. The summed E-state index contributed by atoms with van der Waals surface area (Å²) < 4.78 is 5.38. The standard InChI is InChI=1S/C12H24N2O2/c1-12(2,3)16-11(15)14-9-5-4-7-13-8-6-10-14/h13H,4-10H2,1-3H3. The van der Waals surface area contributed by atoms with Gasteiger partial charge in [-0.15, -0.1) is 0 Å². The van der Waals surface area contributed by atoms with Gasteiger partial charge in [0.2, 0.25) is 0 Å². The normalized spacial score (nSPS) is 19.6. The van der Waals surface area contributed by atoms with Crippen molar-refractivity contribution < 1.29 is 9.53 Å². The van der Waals surface area contributed by atoms with Crippen LogP contribution >= 0.6 is 0 Å². The van der Waals surface area contributed by atoms with Crippen molar-refractivity contribution in [3.8, 4) is 0 Å². The molecule has 0 aromatic heterocycles. The van der Waals surface area contributed by atoms with Gasteiger partial charge >= 0.3 is 6.09 Å². The molecule has 0 unspecified atom stereocenters. The second-order valence-electron chi connectivity index (χ2n) is 5.28. The molecule has 0 bridgehead atoms. The van der Waals surface area contributed by atoms with E-state index in [9.17, 15) is 4.79 Å². The monoisotopic (exact) mass is 228 g/mol. The van der Waals surface area contributed by atoms with Gasteiger partial charge in [0.05, 0.1) is 0 Å². The third-order valence-corrected chi connectivity index (χ3v) is 2.46. The lowest BCUT2D eigenvalue weighted by atomic mass is 10.2. The van der Waals surface area contributed by atoms with Crippen molar-refractivity contribution in [2.24, 2.45) is 0 Å². The van der Waals surface area contributed by atoms with Crippen LogP contribution in [0, 0.1) is 0 Å². The summed E-state index contributed by atoms with van der Waals surface area (Å²) in [6.07, 6.45) is 3.00. The summed E-state index contributed by atoms with van der Waals surface area (Å²) in [4.78, 5) is 13.7. The highest BCUT2D eigenvalue weighted by Crippen LogP contribution is 2.11. The largest absolute Gasteiger partial charge is 0.444 e. The number of carbonyl (C=O) groups excluding carboxylic acids is 1. The summed E-state index contributed by atoms with van der Waals surface area (Å²) in [5.41, 5.74) is -0.395. The molecule has 4 nitrogen and oxygen atoms in total. The Labute approximate surface area is 98.3 Å². The molecule has 16 heavy (non-hydrogen) atoms. The first kappa shape index (κ1) is 13.3. The Morgan fingerprint density at radius 3 is 2.44 bits per heavy atom. The van der Waals surface area contributed by atoms with Gasteiger partial charge in [-0.25, -0.2) is 4.79 Å². The van der Waals surface area contributed by atoms with Crippen LogP contribution in [0.25, 0.3) is 0 Å². The fourth-order valence-electron chi connectivity index (χ4n) is 1.69. The van der Waals surface area contributed by atoms with Crippen LogP contribution in [0.15, 0.2) is 0 Å². The van der Waals surface area contributed by atoms with E-state index in [1.54, 1.807) is 0 Å². The molecule has 1 aliphatic heterocycles. The van der Waals surface area contributed by atoms with Crippen LogP contribution in [-0.2, 0) is 4.74 Å². The molecule has 0 aliphatic carbocycles. The van der Waals surface area contributed by atoms with Crippen molar-refractivity contribution in [3.63, 3.8) is 0 Å². The van der Waals surface area contributed by atoms with Gasteiger partial charge < -0.3 is 15.0 Å². The lowest BCUT2D eigenvalue weighted by Crippen LogP contribution is -2.38. The molecule has 1 saturated heterocycles. The summed E-state index contributed by atoms with van der Waals surface area (Å²) in [5, 5.41) is 3.36. The van der Waals surface area contributed by atoms with Crippen molar-refractivity contribution >= 4 is 6.09 Å². The minimum atomic E-state index is -0.395. The van der Waals surface area contributed by atoms with E-state index in [0.29, 0.717) is 0 Å². The molecule has 1 fully saturated rings. The molecule has 0 aromatic carbocycles. The van der Waals surface area contributed by atoms with Crippen LogP contribution in [0.4, 0.5) is 4.79 Å². The zero-order valence-electron chi connectivity index (χ0n) is 10.7. The van der Waals surface area contributed by atoms with Gasteiger partial charge in [0, 0.05) is 13.1 Å². The highest BCUT2D eigenvalue weighted by atomic mass is 16.6. The second-order valence-corrected chi connectivity index (χ2v) is 5.28. The van der Waals surface area contributed by atoms with Gasteiger partial charge in [-0.05, 0) is 53.1 Å². The number of nitrogens with zero attached hydrogens (tertiary/aromatic N) is 1. The van der Waals surface area contributed by atoms with Gasteiger partial charge in [0.25, 0.3) is 0 Å². The van der Waals surface area contributed by atoms with Gasteiger partial charge in [-0.3, -0.25) is 0 Å². The first-order chi connectivity index (χ1) is 7.49. The van der Waals surface area contributed by atoms with Crippen LogP contribution in [0.3, 0.4) is 0 Å². The van der Waals surface area contributed by atoms with E-state index in [-0.39, 0.29) is 6.09 Å². The maximum atomic E-state index is 11.9. The van der Waals surface area contributed by atoms with Crippen LogP contribution in [-0.4, -0.2) is 42.8 Å². The lowest BCUT2D eigenvalue weighted by molar-refractivity contribution is 0.0248. The maximum Gasteiger partial charge on any atom is 0.410 e. The summed E-state index contributed by atoms with van der Waals surface area (Å²) in [5.74, 6) is 0. The third-order valence-electron chi connectivity index (χ3n) is 2.46. The molecular formula is C12H24N2O2. The van der Waals surface area contributed by atoms with Crippen LogP contribution in [0.1, 0.15) is 40.0 Å². The predicted molar refractivity (Wildman–Crippen MR) is 64.5 cm³/mol. The molecule has 1 heterocycles. The second kappa shape index (κ2) is 6.09. The smallest absolute Gasteiger partial charge is 0.410 e. The van der Waals surface area contributed by atoms with Crippen molar-refractivity contribution in [2.45, 2.75) is 45.6 Å². The fraction of sp³-hybridized carbons (Fsp3) is 0.917. The minimum Gasteiger partial charge on any atom is -0.444 e. The van der Waals surface area contributed by atoms with E-state index in [4.69, 9.17) is 4.74 Å². The zero-order chi connectivity index (χ0) is 12.0. The molecule has 94 valence electrons. The number of amides is 1. The number of rotatable bonds is 0. The SMILES string of the molecule is CC(C)(C)OC(=O)N1CCCCNCCC1. The van der Waals surface area contributed by atoms with E-state index in [2.05, 4.69) is 5.32 Å². The zero-order valence-corrected chi connectivity index (χ0v) is 10.7. The fourth-order valence-corrected chi connectivity index (χ4v) is 1.69. The molecule has 0 saturated carbocycles. The molecule has 0 radical (unpaired) electrons. The van der Waals surface area contributed by atoms with E-state index >= 15 is 0 Å². The topological polar surface area (TPSA) is 41.6 Å². The molecule has 1 rings (SSSR count). The number of nitrogens with one attached hydrogen (secondary N) is 1. The Balaban J connectivity index is 2.44. The van der Waals surface area contributed by atoms with E-state index in [0.717, 1.165) is 45.4 Å². The van der Waals surface area contributed by atoms with E-state index in [1.165, 1.54) is 0 Å². The molecule has 0 spiro atoms. The number of carbonyl (C=O) groups is 1. The number of hydrogen-bond donors (Lipinski definition) is 1. The Morgan fingerprint density at radius 2 is 1.75 bits per heavy atom. The van der Waals surface area contributed by atoms with Crippen molar-refractivity contribution in [1.82, 2.24) is 10.2 Å². The highest BCUT2D eigenvalue weighted by molar-refractivity contribution is 5.68. The van der Waals surface area contributed by atoms with E-state index < -0.39 is 5.60 Å². The Hall–Kier alpha value is -0.770. The molecule has 0 aromatic rings. The first-order valence-corrected chi connectivity index (χ1v) is 6.18. The third kappa shape index (κ3) is 5.35. The highest BCUT2D eigenvalue weighted by Gasteiger charge is 2.21. The summed E-state index contributed by atoms with van der Waals surface area (Å²) in [6, 6.07) is 0. The Kier molecular flexibility index (Phi) is 5.06. The molecule has 1 N–H and O–H groups in total. The molecule has 0 atom stereocenters. The number of ether oxygens (including phenoxy) is 1. The summed E-state index contributed by atoms with van der Waals surface area (Å²) in [6.45, 7) is 9.37. The minimum absolute atomic E-state index is 0.172. The van der Waals surface area contributed by atoms with Gasteiger partial charge in [-0.2, -0.15) is 0 Å². The van der Waals surface area contributed by atoms with Crippen LogP contribution in [0.2, 0.25) is 0 Å². The Morgan fingerprint density at radius 1 is 1.12 bits per heavy atom. The van der Waals surface area contributed by atoms with Gasteiger partial charge in [0.1, 0.15) is 5.60 Å². The van der Waals surface area contributed by atoms with Gasteiger partial charge in [-0.1, -0.05) is 0 Å². The average molecular weight is 228 g/mol. The molecular weight excluding hydrogens is 204 g/mol. The number of hydrogen-bond acceptors (Lipinski definition) is 3. The van der Waals surface area contributed by atoms with Crippen molar-refractivity contribution in [2.75, 3.05) is 26.2 Å². The van der Waals surface area contributed by atoms with Crippen LogP contribution < -0.4 is 5.32 Å².